The number of carbonyl (C=O) groups excluding carboxylic acids is 1. The van der Waals surface area contributed by atoms with Crippen LogP contribution in [0.3, 0.4) is 0 Å². The monoisotopic (exact) mass is 344 g/mol. The zero-order chi connectivity index (χ0) is 17.3. The molecule has 0 saturated heterocycles. The molecular formula is C17H20N4O2S. The van der Waals surface area contributed by atoms with Crippen molar-refractivity contribution in [2.24, 2.45) is 0 Å². The maximum absolute atomic E-state index is 12.6. The minimum atomic E-state index is -0.367. The molecule has 1 aliphatic rings. The molecule has 0 saturated carbocycles. The van der Waals surface area contributed by atoms with Crippen LogP contribution < -0.4 is 14.7 Å². The predicted molar refractivity (Wildman–Crippen MR) is 90.6 cm³/mol. The first-order chi connectivity index (χ1) is 11.5. The van der Waals surface area contributed by atoms with Crippen LogP contribution in [0.4, 0.5) is 5.69 Å². The van der Waals surface area contributed by atoms with Crippen molar-refractivity contribution >= 4 is 23.4 Å². The van der Waals surface area contributed by atoms with E-state index in [-0.39, 0.29) is 18.0 Å². The highest BCUT2D eigenvalue weighted by Gasteiger charge is 2.39. The SMILES string of the molecule is CCCCSc1nc([O-])c2[n+](n1)C(C)N(C(C)=O)c1ccccc1-2. The fourth-order valence-electron chi connectivity index (χ4n) is 2.91. The van der Waals surface area contributed by atoms with E-state index < -0.39 is 0 Å². The second-order valence-electron chi connectivity index (χ2n) is 5.73. The maximum Gasteiger partial charge on any atom is 0.263 e. The second kappa shape index (κ2) is 6.76. The van der Waals surface area contributed by atoms with Crippen molar-refractivity contribution in [2.75, 3.05) is 10.7 Å². The van der Waals surface area contributed by atoms with Gasteiger partial charge in [-0.2, -0.15) is 0 Å². The molecule has 1 aromatic heterocycles. The highest BCUT2D eigenvalue weighted by molar-refractivity contribution is 7.99. The Labute approximate surface area is 145 Å². The van der Waals surface area contributed by atoms with Gasteiger partial charge < -0.3 is 5.11 Å². The van der Waals surface area contributed by atoms with Crippen LogP contribution >= 0.6 is 11.8 Å². The Morgan fingerprint density at radius 1 is 1.42 bits per heavy atom. The van der Waals surface area contributed by atoms with Crippen LogP contribution in [0.1, 0.15) is 39.8 Å². The van der Waals surface area contributed by atoms with Gasteiger partial charge in [0.25, 0.3) is 17.0 Å². The molecule has 0 fully saturated rings. The molecule has 1 amide bonds. The largest absolute Gasteiger partial charge is 0.854 e. The zero-order valence-electron chi connectivity index (χ0n) is 14.0. The van der Waals surface area contributed by atoms with E-state index in [0.29, 0.717) is 16.4 Å². The van der Waals surface area contributed by atoms with E-state index in [4.69, 9.17) is 0 Å². The lowest BCUT2D eigenvalue weighted by atomic mass is 10.0. The number of benzene rings is 1. The molecule has 6 nitrogen and oxygen atoms in total. The number of nitrogens with zero attached hydrogens (tertiary/aromatic N) is 4. The van der Waals surface area contributed by atoms with Crippen LogP contribution in [0.25, 0.3) is 11.3 Å². The molecule has 126 valence electrons. The third kappa shape index (κ3) is 2.84. The summed E-state index contributed by atoms with van der Waals surface area (Å²) in [5.74, 6) is 0.488. The first kappa shape index (κ1) is 16.7. The van der Waals surface area contributed by atoms with Gasteiger partial charge in [-0.15, -0.1) is 0 Å². The first-order valence-corrected chi connectivity index (χ1v) is 9.06. The number of para-hydroxylation sites is 1. The maximum atomic E-state index is 12.6. The number of amides is 1. The summed E-state index contributed by atoms with van der Waals surface area (Å²) in [5, 5.41) is 17.6. The number of rotatable bonds is 4. The summed E-state index contributed by atoms with van der Waals surface area (Å²) < 4.78 is 1.63. The number of unbranched alkanes of at least 4 members (excludes halogenated alkanes) is 1. The molecule has 1 aliphatic heterocycles. The van der Waals surface area contributed by atoms with Crippen molar-refractivity contribution in [3.63, 3.8) is 0 Å². The normalized spacial score (nSPS) is 15.8. The highest BCUT2D eigenvalue weighted by atomic mass is 32.2. The lowest BCUT2D eigenvalue weighted by Gasteiger charge is -2.30. The van der Waals surface area contributed by atoms with E-state index in [1.165, 1.54) is 18.7 Å². The van der Waals surface area contributed by atoms with Crippen LogP contribution in [0.15, 0.2) is 29.4 Å². The summed E-state index contributed by atoms with van der Waals surface area (Å²) in [4.78, 5) is 17.9. The molecule has 2 aromatic rings. The first-order valence-electron chi connectivity index (χ1n) is 8.07. The molecule has 24 heavy (non-hydrogen) atoms. The van der Waals surface area contributed by atoms with Gasteiger partial charge in [0.05, 0.1) is 17.1 Å². The summed E-state index contributed by atoms with van der Waals surface area (Å²) in [7, 11) is 0. The van der Waals surface area contributed by atoms with Crippen LogP contribution in [-0.4, -0.2) is 21.7 Å². The Hall–Kier alpha value is -2.15. The van der Waals surface area contributed by atoms with Crippen molar-refractivity contribution in [1.29, 1.82) is 0 Å². The highest BCUT2D eigenvalue weighted by Crippen LogP contribution is 2.38. The van der Waals surface area contributed by atoms with E-state index in [9.17, 15) is 9.90 Å². The number of anilines is 1. The standard InChI is InChI=1S/C17H20N4O2S/c1-4-5-10-24-17-18-16(23)15-13-8-6-7-9-14(13)20(12(3)22)11(2)21(15)19-17/h6-9,11H,4-5,10H2,1-3H3. The average molecular weight is 344 g/mol. The summed E-state index contributed by atoms with van der Waals surface area (Å²) in [5.41, 5.74) is 1.86. The zero-order valence-corrected chi connectivity index (χ0v) is 14.8. The lowest BCUT2D eigenvalue weighted by Crippen LogP contribution is -2.57. The Morgan fingerprint density at radius 3 is 2.88 bits per heavy atom. The Bertz CT molecular complexity index is 781. The van der Waals surface area contributed by atoms with Gasteiger partial charge in [-0.3, -0.25) is 9.69 Å². The van der Waals surface area contributed by atoms with Crippen molar-refractivity contribution < 1.29 is 14.6 Å². The molecule has 1 aromatic carbocycles. The molecule has 2 heterocycles. The molecule has 0 aliphatic carbocycles. The third-order valence-corrected chi connectivity index (χ3v) is 4.96. The van der Waals surface area contributed by atoms with E-state index in [0.717, 1.165) is 24.3 Å². The summed E-state index contributed by atoms with van der Waals surface area (Å²) in [6.07, 6.45) is 1.76. The minimum Gasteiger partial charge on any atom is -0.854 e. The number of hydrogen-bond acceptors (Lipinski definition) is 5. The predicted octanol–water partition coefficient (Wildman–Crippen LogP) is 2.28. The molecule has 0 N–H and O–H groups in total. The van der Waals surface area contributed by atoms with E-state index in [1.54, 1.807) is 9.58 Å². The van der Waals surface area contributed by atoms with Gasteiger partial charge in [0.2, 0.25) is 5.91 Å². The van der Waals surface area contributed by atoms with Gasteiger partial charge in [0.15, 0.2) is 0 Å². The number of aromatic nitrogens is 3. The molecule has 0 spiro atoms. The fourth-order valence-corrected chi connectivity index (χ4v) is 3.82. The summed E-state index contributed by atoms with van der Waals surface area (Å²) >= 11 is 1.48. The quantitative estimate of drug-likeness (QED) is 0.483. The summed E-state index contributed by atoms with van der Waals surface area (Å²) in [6.45, 7) is 5.51. The van der Waals surface area contributed by atoms with Gasteiger partial charge in [-0.1, -0.05) is 41.9 Å². The number of hydrogen-bond donors (Lipinski definition) is 0. The molecule has 0 radical (unpaired) electrons. The van der Waals surface area contributed by atoms with Gasteiger partial charge in [0, 0.05) is 24.7 Å². The Balaban J connectivity index is 2.12. The van der Waals surface area contributed by atoms with E-state index in [2.05, 4.69) is 17.0 Å². The van der Waals surface area contributed by atoms with Crippen LogP contribution in [-0.2, 0) is 4.79 Å². The van der Waals surface area contributed by atoms with Gasteiger partial charge in [-0.05, 0) is 18.6 Å². The van der Waals surface area contributed by atoms with Gasteiger partial charge >= 0.3 is 0 Å². The van der Waals surface area contributed by atoms with E-state index >= 15 is 0 Å². The Morgan fingerprint density at radius 2 is 2.17 bits per heavy atom. The average Bonchev–Trinajstić information content (AvgIpc) is 2.55. The van der Waals surface area contributed by atoms with Crippen molar-refractivity contribution in [3.8, 4) is 17.1 Å². The number of fused-ring (bicyclic) bond motifs is 3. The van der Waals surface area contributed by atoms with E-state index in [1.807, 2.05) is 31.2 Å². The van der Waals surface area contributed by atoms with Crippen molar-refractivity contribution in [2.45, 2.75) is 44.9 Å². The van der Waals surface area contributed by atoms with Crippen LogP contribution in [0, 0.1) is 0 Å². The number of carbonyl (C=O) groups is 1. The van der Waals surface area contributed by atoms with Gasteiger partial charge in [0.1, 0.15) is 0 Å². The molecule has 0 bridgehead atoms. The lowest BCUT2D eigenvalue weighted by molar-refractivity contribution is -0.769. The summed E-state index contributed by atoms with van der Waals surface area (Å²) in [6, 6.07) is 7.38. The second-order valence-corrected chi connectivity index (χ2v) is 6.79. The smallest absolute Gasteiger partial charge is 0.263 e. The number of thioether (sulfide) groups is 1. The Kier molecular flexibility index (Phi) is 4.71. The van der Waals surface area contributed by atoms with Crippen molar-refractivity contribution in [1.82, 2.24) is 10.1 Å². The molecule has 3 rings (SSSR count). The topological polar surface area (TPSA) is 73.0 Å². The van der Waals surface area contributed by atoms with Crippen LogP contribution in [0.2, 0.25) is 0 Å². The molecule has 1 unspecified atom stereocenters. The third-order valence-electron chi connectivity index (χ3n) is 4.04. The molecule has 1 atom stereocenters. The van der Waals surface area contributed by atoms with Crippen molar-refractivity contribution in [3.05, 3.63) is 24.3 Å². The molecule has 7 heteroatoms. The molecular weight excluding hydrogens is 324 g/mol. The minimum absolute atomic E-state index is 0.0839. The van der Waals surface area contributed by atoms with Gasteiger partial charge in [-0.25, -0.2) is 4.98 Å². The van der Waals surface area contributed by atoms with Crippen LogP contribution in [0.5, 0.6) is 5.88 Å². The fraction of sp³-hybridized carbons (Fsp3) is 0.412.